The molecule has 4 heteroatoms. The lowest BCUT2D eigenvalue weighted by atomic mass is 10.0. The largest absolute Gasteiger partial charge is 0.387 e. The number of aliphatic hydroxyl groups excluding tert-OH is 1. The maximum atomic E-state index is 13.0. The Hall–Kier alpha value is -1.00. The van der Waals surface area contributed by atoms with Crippen LogP contribution in [0, 0.1) is 11.6 Å². The van der Waals surface area contributed by atoms with Crippen LogP contribution in [0.5, 0.6) is 0 Å². The molecule has 1 aromatic carbocycles. The van der Waals surface area contributed by atoms with E-state index in [1.807, 2.05) is 0 Å². The standard InChI is InChI=1S/C9H11F2NO/c1-5(12)9(13)8-6(10)3-2-4-7(8)11/h2-5,9,13H,12H2,1H3/t5-,9-/m1/s1. The number of benzene rings is 1. The summed E-state index contributed by atoms with van der Waals surface area (Å²) in [6, 6.07) is 2.71. The van der Waals surface area contributed by atoms with Gasteiger partial charge in [-0.15, -0.1) is 0 Å². The van der Waals surface area contributed by atoms with Crippen LogP contribution in [-0.4, -0.2) is 11.1 Å². The lowest BCUT2D eigenvalue weighted by Gasteiger charge is -2.15. The number of aliphatic hydroxyl groups is 1. The Morgan fingerprint density at radius 2 is 1.77 bits per heavy atom. The van der Waals surface area contributed by atoms with Gasteiger partial charge in [-0.05, 0) is 19.1 Å². The van der Waals surface area contributed by atoms with E-state index in [0.717, 1.165) is 12.1 Å². The molecular formula is C9H11F2NO. The van der Waals surface area contributed by atoms with Crippen LogP contribution in [0.15, 0.2) is 18.2 Å². The van der Waals surface area contributed by atoms with E-state index in [1.54, 1.807) is 0 Å². The molecule has 0 saturated heterocycles. The minimum atomic E-state index is -1.30. The highest BCUT2D eigenvalue weighted by Crippen LogP contribution is 2.22. The third-order valence-electron chi connectivity index (χ3n) is 1.79. The molecule has 0 aliphatic heterocycles. The number of halogens is 2. The van der Waals surface area contributed by atoms with Crippen LogP contribution in [0.1, 0.15) is 18.6 Å². The fourth-order valence-electron chi connectivity index (χ4n) is 1.06. The van der Waals surface area contributed by atoms with Crippen molar-refractivity contribution in [2.75, 3.05) is 0 Å². The SMILES string of the molecule is C[C@@H](N)[C@@H](O)c1c(F)cccc1F. The molecule has 13 heavy (non-hydrogen) atoms. The fraction of sp³-hybridized carbons (Fsp3) is 0.333. The molecule has 2 nitrogen and oxygen atoms in total. The molecule has 1 aromatic rings. The molecule has 72 valence electrons. The number of hydrogen-bond acceptors (Lipinski definition) is 2. The van der Waals surface area contributed by atoms with Crippen molar-refractivity contribution >= 4 is 0 Å². The first-order valence-electron chi connectivity index (χ1n) is 3.91. The molecule has 0 fully saturated rings. The van der Waals surface area contributed by atoms with Gasteiger partial charge in [0.15, 0.2) is 0 Å². The van der Waals surface area contributed by atoms with Crippen molar-refractivity contribution in [3.63, 3.8) is 0 Å². The Labute approximate surface area is 75.0 Å². The maximum Gasteiger partial charge on any atom is 0.132 e. The highest BCUT2D eigenvalue weighted by atomic mass is 19.1. The van der Waals surface area contributed by atoms with Crippen LogP contribution >= 0.6 is 0 Å². The van der Waals surface area contributed by atoms with Gasteiger partial charge in [0.2, 0.25) is 0 Å². The van der Waals surface area contributed by atoms with Gasteiger partial charge in [0, 0.05) is 6.04 Å². The molecule has 0 radical (unpaired) electrons. The third kappa shape index (κ3) is 2.02. The van der Waals surface area contributed by atoms with Crippen molar-refractivity contribution < 1.29 is 13.9 Å². The van der Waals surface area contributed by atoms with Gasteiger partial charge in [0.05, 0.1) is 11.7 Å². The summed E-state index contributed by atoms with van der Waals surface area (Å²) in [6.07, 6.45) is -1.30. The molecule has 1 rings (SSSR count). The van der Waals surface area contributed by atoms with Gasteiger partial charge in [0.1, 0.15) is 11.6 Å². The van der Waals surface area contributed by atoms with E-state index in [0.29, 0.717) is 0 Å². The molecule has 0 unspecified atom stereocenters. The van der Waals surface area contributed by atoms with Crippen LogP contribution in [0.25, 0.3) is 0 Å². The van der Waals surface area contributed by atoms with Crippen LogP contribution in [-0.2, 0) is 0 Å². The van der Waals surface area contributed by atoms with Crippen LogP contribution < -0.4 is 5.73 Å². The monoisotopic (exact) mass is 187 g/mol. The summed E-state index contributed by atoms with van der Waals surface area (Å²) in [5, 5.41) is 9.35. The van der Waals surface area contributed by atoms with E-state index in [9.17, 15) is 13.9 Å². The third-order valence-corrected chi connectivity index (χ3v) is 1.79. The molecule has 0 aliphatic rings. The normalized spacial score (nSPS) is 15.5. The first kappa shape index (κ1) is 10.1. The van der Waals surface area contributed by atoms with E-state index >= 15 is 0 Å². The predicted molar refractivity (Wildman–Crippen MR) is 45.0 cm³/mol. The first-order chi connectivity index (χ1) is 6.04. The molecular weight excluding hydrogens is 176 g/mol. The van der Waals surface area contributed by atoms with Crippen LogP contribution in [0.2, 0.25) is 0 Å². The molecule has 3 N–H and O–H groups in total. The van der Waals surface area contributed by atoms with Gasteiger partial charge in [-0.2, -0.15) is 0 Å². The Morgan fingerprint density at radius 3 is 2.15 bits per heavy atom. The summed E-state index contributed by atoms with van der Waals surface area (Å²) in [4.78, 5) is 0. The van der Waals surface area contributed by atoms with Gasteiger partial charge >= 0.3 is 0 Å². The highest BCUT2D eigenvalue weighted by molar-refractivity contribution is 5.22. The minimum Gasteiger partial charge on any atom is -0.387 e. The lowest BCUT2D eigenvalue weighted by molar-refractivity contribution is 0.144. The Morgan fingerprint density at radius 1 is 1.31 bits per heavy atom. The summed E-state index contributed by atoms with van der Waals surface area (Å²) in [5.74, 6) is -1.55. The summed E-state index contributed by atoms with van der Waals surface area (Å²) >= 11 is 0. The van der Waals surface area contributed by atoms with E-state index in [1.165, 1.54) is 13.0 Å². The first-order valence-corrected chi connectivity index (χ1v) is 3.91. The number of hydrogen-bond donors (Lipinski definition) is 2. The number of rotatable bonds is 2. The van der Waals surface area contributed by atoms with Crippen molar-refractivity contribution in [3.05, 3.63) is 35.4 Å². The van der Waals surface area contributed by atoms with Gasteiger partial charge in [-0.25, -0.2) is 8.78 Å². The van der Waals surface area contributed by atoms with Crippen molar-refractivity contribution in [1.29, 1.82) is 0 Å². The van der Waals surface area contributed by atoms with Gasteiger partial charge in [0.25, 0.3) is 0 Å². The Balaban J connectivity index is 3.12. The molecule has 2 atom stereocenters. The Kier molecular flexibility index (Phi) is 2.95. The zero-order valence-electron chi connectivity index (χ0n) is 7.17. The molecule has 0 aliphatic carbocycles. The number of nitrogens with two attached hydrogens (primary N) is 1. The van der Waals surface area contributed by atoms with Crippen molar-refractivity contribution in [2.24, 2.45) is 5.73 Å². The minimum absolute atomic E-state index is 0.363. The molecule has 0 aromatic heterocycles. The lowest BCUT2D eigenvalue weighted by Crippen LogP contribution is -2.26. The average molecular weight is 187 g/mol. The quantitative estimate of drug-likeness (QED) is 0.734. The second-order valence-corrected chi connectivity index (χ2v) is 2.94. The van der Waals surface area contributed by atoms with E-state index in [4.69, 9.17) is 5.73 Å². The van der Waals surface area contributed by atoms with Gasteiger partial charge in [-0.3, -0.25) is 0 Å². The second-order valence-electron chi connectivity index (χ2n) is 2.94. The average Bonchev–Trinajstić information content (AvgIpc) is 2.03. The molecule has 0 heterocycles. The van der Waals surface area contributed by atoms with Gasteiger partial charge in [-0.1, -0.05) is 6.07 Å². The molecule has 0 amide bonds. The zero-order valence-corrected chi connectivity index (χ0v) is 7.17. The van der Waals surface area contributed by atoms with E-state index in [-0.39, 0.29) is 5.56 Å². The summed E-state index contributed by atoms with van der Waals surface area (Å²) in [5.41, 5.74) is 4.96. The van der Waals surface area contributed by atoms with E-state index in [2.05, 4.69) is 0 Å². The van der Waals surface area contributed by atoms with Gasteiger partial charge < -0.3 is 10.8 Å². The smallest absolute Gasteiger partial charge is 0.132 e. The fourth-order valence-corrected chi connectivity index (χ4v) is 1.06. The van der Waals surface area contributed by atoms with Crippen molar-refractivity contribution in [2.45, 2.75) is 19.1 Å². The molecule has 0 bridgehead atoms. The summed E-state index contributed by atoms with van der Waals surface area (Å²) < 4.78 is 26.0. The van der Waals surface area contributed by atoms with Crippen molar-refractivity contribution in [1.82, 2.24) is 0 Å². The van der Waals surface area contributed by atoms with Crippen LogP contribution in [0.4, 0.5) is 8.78 Å². The zero-order chi connectivity index (χ0) is 10.0. The Bertz CT molecular complexity index is 281. The molecule has 0 saturated carbocycles. The van der Waals surface area contributed by atoms with Crippen LogP contribution in [0.3, 0.4) is 0 Å². The topological polar surface area (TPSA) is 46.2 Å². The second kappa shape index (κ2) is 3.81. The highest BCUT2D eigenvalue weighted by Gasteiger charge is 2.20. The molecule has 0 spiro atoms. The van der Waals surface area contributed by atoms with E-state index < -0.39 is 23.8 Å². The summed E-state index contributed by atoms with van der Waals surface area (Å²) in [6.45, 7) is 1.48. The van der Waals surface area contributed by atoms with Crippen molar-refractivity contribution in [3.8, 4) is 0 Å². The summed E-state index contributed by atoms with van der Waals surface area (Å²) in [7, 11) is 0. The predicted octanol–water partition coefficient (Wildman–Crippen LogP) is 1.35. The maximum absolute atomic E-state index is 13.0.